The normalized spacial score (nSPS) is 22.3. The number of nitrogens with zero attached hydrogens (tertiary/aromatic N) is 1. The zero-order valence-electron chi connectivity index (χ0n) is 21.4. The van der Waals surface area contributed by atoms with Crippen molar-refractivity contribution in [3.8, 4) is 11.5 Å². The summed E-state index contributed by atoms with van der Waals surface area (Å²) in [6, 6.07) is 5.75. The number of esters is 1. The number of aromatic nitrogens is 1. The number of methoxy groups -OCH3 is 1. The van der Waals surface area contributed by atoms with Gasteiger partial charge in [0.1, 0.15) is 11.9 Å². The monoisotopic (exact) mass is 558 g/mol. The maximum absolute atomic E-state index is 13.4. The number of nitrogens with one attached hydrogen (secondary N) is 1. The van der Waals surface area contributed by atoms with Crippen molar-refractivity contribution >= 4 is 11.9 Å². The van der Waals surface area contributed by atoms with E-state index in [0.29, 0.717) is 6.42 Å². The van der Waals surface area contributed by atoms with Gasteiger partial charge in [-0.25, -0.2) is 14.2 Å². The lowest BCUT2D eigenvalue weighted by Crippen LogP contribution is -2.46. The number of carbonyl (C=O) groups excluding carboxylic acids is 2. The van der Waals surface area contributed by atoms with Gasteiger partial charge in [-0.1, -0.05) is 12.1 Å². The molecule has 0 spiro atoms. The predicted molar refractivity (Wildman–Crippen MR) is 129 cm³/mol. The number of amides is 1. The van der Waals surface area contributed by atoms with Crippen LogP contribution >= 0.6 is 0 Å². The Kier molecular flexibility index (Phi) is 10.5. The Labute approximate surface area is 222 Å². The lowest BCUT2D eigenvalue weighted by Gasteiger charge is -2.31. The molecule has 2 N–H and O–H groups in total. The maximum Gasteiger partial charge on any atom is 0.389 e. The van der Waals surface area contributed by atoms with E-state index in [1.165, 1.54) is 38.4 Å². The van der Waals surface area contributed by atoms with E-state index in [-0.39, 0.29) is 37.7 Å². The molecule has 9 nitrogen and oxygen atoms in total. The SMILES string of the molecule is COc1ccnc(C(=O)NC2COCC(Cc3ccc(F)cc3)C(OCCCC(F)(F)F)C(C)OC2=O)c1O. The van der Waals surface area contributed by atoms with E-state index < -0.39 is 60.2 Å². The molecule has 1 aromatic heterocycles. The topological polar surface area (TPSA) is 116 Å². The Morgan fingerprint density at radius 1 is 1.21 bits per heavy atom. The molecule has 2 heterocycles. The molecule has 4 unspecified atom stereocenters. The van der Waals surface area contributed by atoms with E-state index >= 15 is 0 Å². The van der Waals surface area contributed by atoms with Gasteiger partial charge in [0, 0.05) is 31.2 Å². The summed E-state index contributed by atoms with van der Waals surface area (Å²) in [5.41, 5.74) is 0.339. The van der Waals surface area contributed by atoms with Crippen LogP contribution in [0, 0.1) is 11.7 Å². The van der Waals surface area contributed by atoms with Crippen molar-refractivity contribution in [2.45, 2.75) is 50.6 Å². The number of pyridine rings is 1. The van der Waals surface area contributed by atoms with Crippen LogP contribution < -0.4 is 10.1 Å². The first-order valence-corrected chi connectivity index (χ1v) is 12.2. The minimum Gasteiger partial charge on any atom is -0.503 e. The quantitative estimate of drug-likeness (QED) is 0.273. The highest BCUT2D eigenvalue weighted by Gasteiger charge is 2.36. The highest BCUT2D eigenvalue weighted by molar-refractivity contribution is 5.98. The summed E-state index contributed by atoms with van der Waals surface area (Å²) in [5, 5.41) is 12.6. The van der Waals surface area contributed by atoms with E-state index in [0.717, 1.165) is 5.56 Å². The third-order valence-electron chi connectivity index (χ3n) is 6.08. The highest BCUT2D eigenvalue weighted by atomic mass is 19.4. The van der Waals surface area contributed by atoms with Crippen LogP contribution in [-0.2, 0) is 25.4 Å². The Morgan fingerprint density at radius 3 is 2.59 bits per heavy atom. The van der Waals surface area contributed by atoms with Gasteiger partial charge in [-0.3, -0.25) is 4.79 Å². The van der Waals surface area contributed by atoms with Crippen molar-refractivity contribution in [3.63, 3.8) is 0 Å². The molecule has 3 rings (SSSR count). The van der Waals surface area contributed by atoms with Gasteiger partial charge in [-0.15, -0.1) is 0 Å². The molecule has 2 aromatic rings. The van der Waals surface area contributed by atoms with E-state index in [2.05, 4.69) is 10.3 Å². The van der Waals surface area contributed by atoms with Gasteiger partial charge in [0.25, 0.3) is 5.91 Å². The first-order chi connectivity index (χ1) is 18.5. The fourth-order valence-corrected chi connectivity index (χ4v) is 4.17. The van der Waals surface area contributed by atoms with Crippen LogP contribution in [0.4, 0.5) is 17.6 Å². The van der Waals surface area contributed by atoms with E-state index in [4.69, 9.17) is 18.9 Å². The molecule has 214 valence electrons. The van der Waals surface area contributed by atoms with Crippen molar-refractivity contribution in [3.05, 3.63) is 53.6 Å². The summed E-state index contributed by atoms with van der Waals surface area (Å²) in [6.07, 6.45) is -5.91. The number of halogens is 4. The second kappa shape index (κ2) is 13.6. The van der Waals surface area contributed by atoms with Crippen LogP contribution in [0.5, 0.6) is 11.5 Å². The van der Waals surface area contributed by atoms with Gasteiger partial charge in [-0.2, -0.15) is 13.2 Å². The Bertz CT molecular complexity index is 1110. The second-order valence-electron chi connectivity index (χ2n) is 9.06. The zero-order valence-corrected chi connectivity index (χ0v) is 21.4. The maximum atomic E-state index is 13.4. The fourth-order valence-electron chi connectivity index (χ4n) is 4.17. The van der Waals surface area contributed by atoms with Crippen LogP contribution in [0.25, 0.3) is 0 Å². The van der Waals surface area contributed by atoms with Crippen molar-refractivity contribution in [2.24, 2.45) is 5.92 Å². The molecule has 1 amide bonds. The lowest BCUT2D eigenvalue weighted by atomic mass is 9.91. The Morgan fingerprint density at radius 2 is 1.92 bits per heavy atom. The summed E-state index contributed by atoms with van der Waals surface area (Å²) < 4.78 is 73.3. The van der Waals surface area contributed by atoms with Gasteiger partial charge < -0.3 is 29.4 Å². The van der Waals surface area contributed by atoms with Crippen LogP contribution in [-0.4, -0.2) is 73.3 Å². The molecule has 1 saturated heterocycles. The van der Waals surface area contributed by atoms with Gasteiger partial charge >= 0.3 is 12.1 Å². The summed E-state index contributed by atoms with van der Waals surface area (Å²) in [7, 11) is 1.30. The number of hydrogen-bond donors (Lipinski definition) is 2. The number of cyclic esters (lactones) is 1. The Balaban J connectivity index is 1.76. The molecule has 0 bridgehead atoms. The lowest BCUT2D eigenvalue weighted by molar-refractivity contribution is -0.162. The van der Waals surface area contributed by atoms with Gasteiger partial charge in [0.2, 0.25) is 0 Å². The molecule has 1 aliphatic heterocycles. The number of aromatic hydroxyl groups is 1. The van der Waals surface area contributed by atoms with E-state index in [9.17, 15) is 32.3 Å². The minimum atomic E-state index is -4.34. The van der Waals surface area contributed by atoms with Crippen LogP contribution in [0.2, 0.25) is 0 Å². The first-order valence-electron chi connectivity index (χ1n) is 12.2. The van der Waals surface area contributed by atoms with Crippen molar-refractivity contribution < 1.29 is 51.2 Å². The number of rotatable bonds is 9. The second-order valence-corrected chi connectivity index (χ2v) is 9.06. The van der Waals surface area contributed by atoms with E-state index in [1.807, 2.05) is 0 Å². The third kappa shape index (κ3) is 8.79. The van der Waals surface area contributed by atoms with Crippen LogP contribution in [0.15, 0.2) is 36.5 Å². The summed E-state index contributed by atoms with van der Waals surface area (Å²) >= 11 is 0. The van der Waals surface area contributed by atoms with Gasteiger partial charge in [0.15, 0.2) is 23.2 Å². The number of hydrogen-bond acceptors (Lipinski definition) is 8. The average molecular weight is 559 g/mol. The van der Waals surface area contributed by atoms with Crippen molar-refractivity contribution in [1.29, 1.82) is 0 Å². The summed E-state index contributed by atoms with van der Waals surface area (Å²) in [4.78, 5) is 29.5. The minimum absolute atomic E-state index is 0.00265. The summed E-state index contributed by atoms with van der Waals surface area (Å²) in [6.45, 7) is 0.983. The smallest absolute Gasteiger partial charge is 0.389 e. The van der Waals surface area contributed by atoms with Crippen LogP contribution in [0.1, 0.15) is 35.8 Å². The number of carbonyl (C=O) groups is 2. The number of alkyl halides is 3. The fraction of sp³-hybridized carbons (Fsp3) is 0.500. The summed E-state index contributed by atoms with van der Waals surface area (Å²) in [5.74, 6) is -3.18. The standard InChI is InChI=1S/C26H30F4N2O7/c1-15-23(38-11-3-9-26(28,29)30)17(12-16-4-6-18(27)7-5-16)13-37-14-19(25(35)39-15)32-24(34)21-22(33)20(36-2)8-10-31-21/h4-8,10,15,17,19,23,33H,3,9,11-14H2,1-2H3,(H,32,34). The molecule has 13 heteroatoms. The average Bonchev–Trinajstić information content (AvgIpc) is 2.92. The number of benzene rings is 1. The van der Waals surface area contributed by atoms with Crippen LogP contribution in [0.3, 0.4) is 0 Å². The largest absolute Gasteiger partial charge is 0.503 e. The van der Waals surface area contributed by atoms with Gasteiger partial charge in [0.05, 0.1) is 26.4 Å². The molecule has 1 aromatic carbocycles. The molecule has 0 radical (unpaired) electrons. The van der Waals surface area contributed by atoms with Crippen molar-refractivity contribution in [1.82, 2.24) is 10.3 Å². The van der Waals surface area contributed by atoms with E-state index in [1.54, 1.807) is 12.1 Å². The molecule has 4 atom stereocenters. The number of ether oxygens (including phenoxy) is 4. The molecule has 0 aliphatic carbocycles. The molecule has 1 fully saturated rings. The zero-order chi connectivity index (χ0) is 28.6. The molecular weight excluding hydrogens is 528 g/mol. The molecular formula is C26H30F4N2O7. The third-order valence-corrected chi connectivity index (χ3v) is 6.08. The Hall–Kier alpha value is -3.45. The molecule has 39 heavy (non-hydrogen) atoms. The molecule has 1 aliphatic rings. The highest BCUT2D eigenvalue weighted by Crippen LogP contribution is 2.28. The van der Waals surface area contributed by atoms with Gasteiger partial charge in [-0.05, 0) is 37.5 Å². The van der Waals surface area contributed by atoms with Crippen molar-refractivity contribution in [2.75, 3.05) is 26.9 Å². The molecule has 0 saturated carbocycles. The predicted octanol–water partition coefficient (Wildman–Crippen LogP) is 3.58. The first kappa shape index (κ1) is 30.1.